The molecule has 1 aliphatic rings. The average Bonchev–Trinajstić information content (AvgIpc) is 3.09. The van der Waals surface area contributed by atoms with Crippen molar-refractivity contribution in [2.24, 2.45) is 11.8 Å². The number of ether oxygens (including phenoxy) is 3. The predicted molar refractivity (Wildman–Crippen MR) is 202 cm³/mol. The van der Waals surface area contributed by atoms with E-state index in [9.17, 15) is 19.5 Å². The zero-order chi connectivity index (χ0) is 37.5. The summed E-state index contributed by atoms with van der Waals surface area (Å²) in [4.78, 5) is 36.3. The molecule has 1 aliphatic heterocycles. The minimum Gasteiger partial charge on any atom is -0.454 e. The summed E-state index contributed by atoms with van der Waals surface area (Å²) in [5.41, 5.74) is 4.42. The maximum Gasteiger partial charge on any atom is 0.334 e. The van der Waals surface area contributed by atoms with Crippen molar-refractivity contribution in [1.29, 1.82) is 0 Å². The Bertz CT molecular complexity index is 1360. The molecule has 0 fully saturated rings. The smallest absolute Gasteiger partial charge is 0.334 e. The standard InChI is InChI=1S/C41H60N2O7/c1-29-14-12-18-36(48-8)17-11-10-16-33(5)39(34(6)23-22-32(4)26-42-40(46)38(27-44)43-28-45)50-41(47)35(7)24-30(2)20-21-31(3)25-37(49-9)19-13-15-29/h10-11,13-17,20-25,28,30,33,36-39,44H,12,18-19,26-27H2,1-9H3,(H,42,46)(H,43,45)/b15-13+,16-10+,17-11+,21-20+,29-14+,31-25+,32-22+,34-23+,35-24+/t30-,33+,36-,37+,38+,39+/m1/s1. The van der Waals surface area contributed by atoms with Crippen molar-refractivity contribution in [2.45, 2.75) is 92.1 Å². The number of hydrogen-bond acceptors (Lipinski definition) is 7. The fourth-order valence-corrected chi connectivity index (χ4v) is 5.05. The highest BCUT2D eigenvalue weighted by atomic mass is 16.5. The summed E-state index contributed by atoms with van der Waals surface area (Å²) in [6, 6.07) is -1.02. The molecule has 50 heavy (non-hydrogen) atoms. The van der Waals surface area contributed by atoms with E-state index < -0.39 is 30.6 Å². The number of cyclic esters (lactones) is 1. The molecule has 0 aromatic heterocycles. The first-order valence-corrected chi connectivity index (χ1v) is 17.3. The van der Waals surface area contributed by atoms with Crippen molar-refractivity contribution in [3.05, 3.63) is 107 Å². The van der Waals surface area contributed by atoms with Gasteiger partial charge in [-0.25, -0.2) is 4.79 Å². The van der Waals surface area contributed by atoms with Crippen LogP contribution in [-0.2, 0) is 28.6 Å². The van der Waals surface area contributed by atoms with Crippen LogP contribution in [0.15, 0.2) is 107 Å². The molecule has 0 spiro atoms. The van der Waals surface area contributed by atoms with Crippen LogP contribution in [-0.4, -0.2) is 75.1 Å². The van der Waals surface area contributed by atoms with Crippen LogP contribution >= 0.6 is 0 Å². The molecule has 0 aromatic rings. The summed E-state index contributed by atoms with van der Waals surface area (Å²) in [5, 5.41) is 14.3. The van der Waals surface area contributed by atoms with Crippen LogP contribution in [0.4, 0.5) is 0 Å². The highest BCUT2D eigenvalue weighted by molar-refractivity contribution is 5.88. The van der Waals surface area contributed by atoms with E-state index in [4.69, 9.17) is 14.2 Å². The molecule has 0 radical (unpaired) electrons. The van der Waals surface area contributed by atoms with E-state index in [2.05, 4.69) is 41.9 Å². The van der Waals surface area contributed by atoms with Gasteiger partial charge in [0.15, 0.2) is 0 Å². The molecule has 0 aliphatic carbocycles. The lowest BCUT2D eigenvalue weighted by Gasteiger charge is -2.23. The maximum absolute atomic E-state index is 13.4. The summed E-state index contributed by atoms with van der Waals surface area (Å²) >= 11 is 0. The third-order valence-corrected chi connectivity index (χ3v) is 8.17. The summed E-state index contributed by atoms with van der Waals surface area (Å²) in [7, 11) is 3.42. The van der Waals surface area contributed by atoms with Crippen molar-refractivity contribution >= 4 is 18.3 Å². The van der Waals surface area contributed by atoms with Gasteiger partial charge < -0.3 is 30.0 Å². The predicted octanol–water partition coefficient (Wildman–Crippen LogP) is 6.56. The van der Waals surface area contributed by atoms with Crippen molar-refractivity contribution < 1.29 is 33.7 Å². The second-order valence-corrected chi connectivity index (χ2v) is 12.8. The largest absolute Gasteiger partial charge is 0.454 e. The zero-order valence-corrected chi connectivity index (χ0v) is 31.5. The van der Waals surface area contributed by atoms with Crippen LogP contribution in [0.5, 0.6) is 0 Å². The van der Waals surface area contributed by atoms with Gasteiger partial charge in [0.05, 0.1) is 18.8 Å². The molecule has 0 bridgehead atoms. The van der Waals surface area contributed by atoms with E-state index in [-0.39, 0.29) is 30.6 Å². The molecule has 3 N–H and O–H groups in total. The molecule has 276 valence electrons. The van der Waals surface area contributed by atoms with Gasteiger partial charge >= 0.3 is 5.97 Å². The Hall–Kier alpha value is -4.05. The summed E-state index contributed by atoms with van der Waals surface area (Å²) in [6.45, 7) is 13.4. The number of nitrogens with one attached hydrogen (secondary N) is 2. The number of carbonyl (C=O) groups excluding carboxylic acids is 3. The third kappa shape index (κ3) is 18.1. The van der Waals surface area contributed by atoms with Gasteiger partial charge in [-0.3, -0.25) is 9.59 Å². The third-order valence-electron chi connectivity index (χ3n) is 8.17. The van der Waals surface area contributed by atoms with Gasteiger partial charge in [-0.05, 0) is 65.4 Å². The summed E-state index contributed by atoms with van der Waals surface area (Å²) in [6.07, 6.45) is 28.4. The Kier molecular flexibility index (Phi) is 22.0. The van der Waals surface area contributed by atoms with E-state index in [1.165, 1.54) is 5.57 Å². The number of aliphatic hydroxyl groups is 1. The second kappa shape index (κ2) is 25.0. The lowest BCUT2D eigenvalue weighted by Crippen LogP contribution is -2.46. The number of esters is 1. The molecule has 9 nitrogen and oxygen atoms in total. The number of allylic oxidation sites excluding steroid dienone is 11. The molecule has 0 unspecified atom stereocenters. The number of hydrogen-bond donors (Lipinski definition) is 3. The minimum atomic E-state index is -1.02. The molecular formula is C41H60N2O7. The quantitative estimate of drug-likeness (QED) is 0.135. The van der Waals surface area contributed by atoms with E-state index in [0.29, 0.717) is 12.0 Å². The molecular weight excluding hydrogens is 632 g/mol. The van der Waals surface area contributed by atoms with Crippen molar-refractivity contribution in [3.8, 4) is 0 Å². The number of rotatable bonds is 10. The Morgan fingerprint density at radius 1 is 1.00 bits per heavy atom. The van der Waals surface area contributed by atoms with Crippen LogP contribution < -0.4 is 10.6 Å². The number of carbonyl (C=O) groups is 3. The molecule has 0 aromatic carbocycles. The molecule has 0 saturated carbocycles. The number of aliphatic hydroxyl groups excluding tert-OH is 1. The Morgan fingerprint density at radius 2 is 1.70 bits per heavy atom. The molecule has 6 atom stereocenters. The van der Waals surface area contributed by atoms with Gasteiger partial charge in [-0.1, -0.05) is 110 Å². The second-order valence-electron chi connectivity index (χ2n) is 12.8. The fraction of sp³-hybridized carbons (Fsp3) is 0.488. The number of methoxy groups -OCH3 is 2. The maximum atomic E-state index is 13.4. The Labute approximate surface area is 300 Å². The SMILES string of the molecule is CO[C@@H]1/C=C(C)/C=C/[C@@H](C)/C=C(\C)C(=O)O[C@H](/C(C)=C/C=C(\C)CNC(=O)[C@H](CO)NC=O)[C@@H](C)/C=C/C=C/[C@@H](OC)CC/C=C(C)/C=C/C1. The van der Waals surface area contributed by atoms with Crippen LogP contribution in [0.3, 0.4) is 0 Å². The van der Waals surface area contributed by atoms with Gasteiger partial charge in [0.1, 0.15) is 12.1 Å². The molecule has 0 saturated heterocycles. The van der Waals surface area contributed by atoms with Gasteiger partial charge in [0.2, 0.25) is 12.3 Å². The van der Waals surface area contributed by atoms with E-state index in [0.717, 1.165) is 36.0 Å². The topological polar surface area (TPSA) is 123 Å². The Morgan fingerprint density at radius 3 is 2.36 bits per heavy atom. The van der Waals surface area contributed by atoms with Gasteiger partial charge in [0.25, 0.3) is 0 Å². The van der Waals surface area contributed by atoms with Crippen LogP contribution in [0, 0.1) is 11.8 Å². The zero-order valence-electron chi connectivity index (χ0n) is 31.5. The van der Waals surface area contributed by atoms with Gasteiger partial charge in [0, 0.05) is 32.3 Å². The fourth-order valence-electron chi connectivity index (χ4n) is 5.05. The van der Waals surface area contributed by atoms with Crippen molar-refractivity contribution in [1.82, 2.24) is 10.6 Å². The van der Waals surface area contributed by atoms with Gasteiger partial charge in [-0.15, -0.1) is 0 Å². The van der Waals surface area contributed by atoms with Crippen molar-refractivity contribution in [2.75, 3.05) is 27.4 Å². The highest BCUT2D eigenvalue weighted by Gasteiger charge is 2.22. The van der Waals surface area contributed by atoms with Crippen LogP contribution in [0.25, 0.3) is 0 Å². The van der Waals surface area contributed by atoms with E-state index in [1.807, 2.05) is 89.3 Å². The van der Waals surface area contributed by atoms with Gasteiger partial charge in [-0.2, -0.15) is 0 Å². The lowest BCUT2D eigenvalue weighted by atomic mass is 9.96. The van der Waals surface area contributed by atoms with E-state index >= 15 is 0 Å². The minimum absolute atomic E-state index is 0.00986. The molecule has 1 rings (SSSR count). The first-order valence-electron chi connectivity index (χ1n) is 17.3. The van der Waals surface area contributed by atoms with Crippen LogP contribution in [0.1, 0.15) is 67.7 Å². The van der Waals surface area contributed by atoms with E-state index in [1.54, 1.807) is 21.1 Å². The van der Waals surface area contributed by atoms with Crippen LogP contribution in [0.2, 0.25) is 0 Å². The van der Waals surface area contributed by atoms with Crippen molar-refractivity contribution in [3.63, 3.8) is 0 Å². The summed E-state index contributed by atoms with van der Waals surface area (Å²) in [5.74, 6) is -1.06. The molecule has 1 heterocycles. The molecule has 2 amide bonds. The summed E-state index contributed by atoms with van der Waals surface area (Å²) < 4.78 is 17.5. The monoisotopic (exact) mass is 692 g/mol. The number of amides is 2. The normalized spacial score (nSPS) is 30.3. The molecule has 9 heteroatoms. The Balaban J connectivity index is 3.39. The first kappa shape index (κ1) is 44.0. The highest BCUT2D eigenvalue weighted by Crippen LogP contribution is 2.21. The lowest BCUT2D eigenvalue weighted by molar-refractivity contribution is -0.144. The average molecular weight is 693 g/mol. The first-order chi connectivity index (χ1) is 23.8.